The molecule has 0 saturated carbocycles. The van der Waals surface area contributed by atoms with Gasteiger partial charge in [-0.25, -0.2) is 0 Å². The van der Waals surface area contributed by atoms with Crippen molar-refractivity contribution in [3.63, 3.8) is 0 Å². The lowest BCUT2D eigenvalue weighted by Crippen LogP contribution is -2.51. The van der Waals surface area contributed by atoms with E-state index in [1.54, 1.807) is 53.4 Å². The van der Waals surface area contributed by atoms with Crippen LogP contribution in [0.25, 0.3) is 0 Å². The number of nitrogens with zero attached hydrogens (tertiary/aromatic N) is 1. The lowest BCUT2D eigenvalue weighted by Gasteiger charge is -2.39. The number of carbonyl (C=O) groups is 3. The van der Waals surface area contributed by atoms with Gasteiger partial charge in [0.25, 0.3) is 11.8 Å². The molecule has 6 nitrogen and oxygen atoms in total. The van der Waals surface area contributed by atoms with Crippen LogP contribution < -0.4 is 10.6 Å². The summed E-state index contributed by atoms with van der Waals surface area (Å²) in [6.07, 6.45) is 0.549. The van der Waals surface area contributed by atoms with Crippen molar-refractivity contribution in [1.29, 1.82) is 0 Å². The molecule has 0 bridgehead atoms. The lowest BCUT2D eigenvalue weighted by atomic mass is 9.85. The molecule has 192 valence electrons. The number of rotatable bonds is 6. The average molecular weight is 559 g/mol. The van der Waals surface area contributed by atoms with E-state index in [1.807, 2.05) is 18.2 Å². The maximum atomic E-state index is 13.4. The molecule has 0 spiro atoms. The van der Waals surface area contributed by atoms with Crippen molar-refractivity contribution < 1.29 is 14.4 Å². The molecule has 0 aromatic heterocycles. The molecule has 2 unspecified atom stereocenters. The molecule has 37 heavy (non-hydrogen) atoms. The predicted molar refractivity (Wildman–Crippen MR) is 148 cm³/mol. The van der Waals surface area contributed by atoms with Crippen molar-refractivity contribution in [3.05, 3.63) is 99.0 Å². The highest BCUT2D eigenvalue weighted by atomic mass is 35.5. The van der Waals surface area contributed by atoms with Gasteiger partial charge in [-0.15, -0.1) is 11.6 Å². The van der Waals surface area contributed by atoms with E-state index >= 15 is 0 Å². The van der Waals surface area contributed by atoms with Crippen LogP contribution in [0.2, 0.25) is 10.0 Å². The third-order valence-electron chi connectivity index (χ3n) is 6.39. The maximum absolute atomic E-state index is 13.4. The number of nitrogens with one attached hydrogen (secondary N) is 2. The highest BCUT2D eigenvalue weighted by Crippen LogP contribution is 2.33. The molecule has 2 atom stereocenters. The molecular weight excluding hydrogens is 533 g/mol. The predicted octanol–water partition coefficient (Wildman–Crippen LogP) is 6.12. The van der Waals surface area contributed by atoms with Crippen LogP contribution in [0, 0.1) is 0 Å². The van der Waals surface area contributed by atoms with Crippen LogP contribution in [0.3, 0.4) is 0 Å². The van der Waals surface area contributed by atoms with E-state index in [0.29, 0.717) is 52.2 Å². The Balaban J connectivity index is 1.57. The van der Waals surface area contributed by atoms with Crippen molar-refractivity contribution in [3.8, 4) is 0 Å². The van der Waals surface area contributed by atoms with Crippen molar-refractivity contribution in [2.24, 2.45) is 0 Å². The summed E-state index contributed by atoms with van der Waals surface area (Å²) in [7, 11) is 0. The van der Waals surface area contributed by atoms with Gasteiger partial charge in [-0.3, -0.25) is 14.4 Å². The third-order valence-corrected chi connectivity index (χ3v) is 7.44. The Morgan fingerprint density at radius 1 is 0.946 bits per heavy atom. The number of alkyl halides is 1. The van der Waals surface area contributed by atoms with E-state index < -0.39 is 0 Å². The number of piperidine rings is 1. The molecule has 1 saturated heterocycles. The third kappa shape index (κ3) is 6.63. The minimum atomic E-state index is -0.229. The first-order chi connectivity index (χ1) is 17.7. The van der Waals surface area contributed by atoms with E-state index in [9.17, 15) is 14.4 Å². The molecule has 2 N–H and O–H groups in total. The first kappa shape index (κ1) is 27.0. The Hall–Kier alpha value is -3.06. The first-order valence-electron chi connectivity index (χ1n) is 11.8. The molecule has 3 amide bonds. The Labute approximate surface area is 230 Å². The zero-order valence-electron chi connectivity index (χ0n) is 20.1. The quantitative estimate of drug-likeness (QED) is 0.358. The van der Waals surface area contributed by atoms with Gasteiger partial charge in [0, 0.05) is 54.7 Å². The number of amides is 3. The minimum Gasteiger partial charge on any atom is -0.349 e. The van der Waals surface area contributed by atoms with Gasteiger partial charge >= 0.3 is 0 Å². The molecule has 1 fully saturated rings. The molecule has 0 aliphatic carbocycles. The highest BCUT2D eigenvalue weighted by Gasteiger charge is 2.34. The minimum absolute atomic E-state index is 0.154. The summed E-state index contributed by atoms with van der Waals surface area (Å²) >= 11 is 18.3. The van der Waals surface area contributed by atoms with E-state index in [1.165, 1.54) is 6.92 Å². The van der Waals surface area contributed by atoms with Gasteiger partial charge in [-0.1, -0.05) is 47.5 Å². The van der Waals surface area contributed by atoms with Gasteiger partial charge in [0.15, 0.2) is 0 Å². The lowest BCUT2D eigenvalue weighted by molar-refractivity contribution is -0.114. The van der Waals surface area contributed by atoms with Gasteiger partial charge in [-0.05, 0) is 60.0 Å². The molecule has 3 aromatic rings. The number of anilines is 1. The maximum Gasteiger partial charge on any atom is 0.253 e. The van der Waals surface area contributed by atoms with Crippen LogP contribution in [0.4, 0.5) is 5.69 Å². The van der Waals surface area contributed by atoms with Crippen LogP contribution in [-0.2, 0) is 10.7 Å². The van der Waals surface area contributed by atoms with Crippen LogP contribution in [0.1, 0.15) is 51.1 Å². The van der Waals surface area contributed by atoms with Crippen LogP contribution in [0.5, 0.6) is 0 Å². The van der Waals surface area contributed by atoms with Crippen molar-refractivity contribution in [1.82, 2.24) is 10.2 Å². The molecule has 1 aliphatic heterocycles. The smallest absolute Gasteiger partial charge is 0.253 e. The zero-order valence-corrected chi connectivity index (χ0v) is 22.4. The average Bonchev–Trinajstić information content (AvgIpc) is 2.90. The summed E-state index contributed by atoms with van der Waals surface area (Å²) in [4.78, 5) is 39.7. The van der Waals surface area contributed by atoms with E-state index in [2.05, 4.69) is 10.6 Å². The van der Waals surface area contributed by atoms with Gasteiger partial charge in [0.1, 0.15) is 0 Å². The van der Waals surface area contributed by atoms with Gasteiger partial charge < -0.3 is 15.5 Å². The highest BCUT2D eigenvalue weighted by molar-refractivity contribution is 6.42. The summed E-state index contributed by atoms with van der Waals surface area (Å²) in [6, 6.07) is 19.2. The summed E-state index contributed by atoms with van der Waals surface area (Å²) in [5.74, 6) is -0.394. The van der Waals surface area contributed by atoms with Gasteiger partial charge in [-0.2, -0.15) is 0 Å². The monoisotopic (exact) mass is 557 g/mol. The summed E-state index contributed by atoms with van der Waals surface area (Å²) < 4.78 is 0. The zero-order chi connectivity index (χ0) is 26.5. The van der Waals surface area contributed by atoms with E-state index in [4.69, 9.17) is 34.8 Å². The topological polar surface area (TPSA) is 78.5 Å². The van der Waals surface area contributed by atoms with E-state index in [0.717, 1.165) is 11.1 Å². The Kier molecular flexibility index (Phi) is 8.75. The first-order valence-corrected chi connectivity index (χ1v) is 13.1. The molecule has 9 heteroatoms. The van der Waals surface area contributed by atoms with Crippen LogP contribution in [0.15, 0.2) is 66.7 Å². The van der Waals surface area contributed by atoms with Crippen molar-refractivity contribution in [2.45, 2.75) is 31.2 Å². The molecule has 0 radical (unpaired) electrons. The fourth-order valence-corrected chi connectivity index (χ4v) is 4.99. The second-order valence-corrected chi connectivity index (χ2v) is 10.1. The SMILES string of the molecule is CC(=O)Nc1cccc(C(=O)N2CCC(NC(=O)c3ccc(CCl)cc3)C(c3ccc(Cl)c(Cl)c3)C2)c1. The molecule has 4 rings (SSSR count). The number of hydrogen-bond donors (Lipinski definition) is 2. The van der Waals surface area contributed by atoms with Crippen LogP contribution in [-0.4, -0.2) is 41.8 Å². The second-order valence-electron chi connectivity index (χ2n) is 8.99. The second kappa shape index (κ2) is 12.0. The number of hydrogen-bond acceptors (Lipinski definition) is 3. The largest absolute Gasteiger partial charge is 0.349 e. The number of halogens is 3. The number of carbonyl (C=O) groups excluding carboxylic acids is 3. The Morgan fingerprint density at radius 2 is 1.70 bits per heavy atom. The molecule has 1 aliphatic rings. The fourth-order valence-electron chi connectivity index (χ4n) is 4.50. The fraction of sp³-hybridized carbons (Fsp3) is 0.250. The summed E-state index contributed by atoms with van der Waals surface area (Å²) in [5.41, 5.74) is 3.38. The Bertz CT molecular complexity index is 1310. The standard InChI is InChI=1S/C28H26Cl3N3O3/c1-17(35)32-22-4-2-3-21(13-22)28(37)34-12-11-26(23(16-34)20-9-10-24(30)25(31)14-20)33-27(36)19-7-5-18(15-29)6-8-19/h2-10,13-14,23,26H,11-12,15-16H2,1H3,(H,32,35)(H,33,36). The molecule has 1 heterocycles. The van der Waals surface area contributed by atoms with Crippen LogP contribution >= 0.6 is 34.8 Å². The summed E-state index contributed by atoms with van der Waals surface area (Å²) in [5, 5.41) is 6.70. The van der Waals surface area contributed by atoms with E-state index in [-0.39, 0.29) is 29.7 Å². The number of benzene rings is 3. The normalized spacial score (nSPS) is 17.2. The van der Waals surface area contributed by atoms with Crippen molar-refractivity contribution >= 4 is 58.2 Å². The summed E-state index contributed by atoms with van der Waals surface area (Å²) in [6.45, 7) is 2.25. The van der Waals surface area contributed by atoms with Gasteiger partial charge in [0.2, 0.25) is 5.91 Å². The number of likely N-dealkylation sites (tertiary alicyclic amines) is 1. The Morgan fingerprint density at radius 3 is 2.38 bits per heavy atom. The van der Waals surface area contributed by atoms with Crippen molar-refractivity contribution in [2.75, 3.05) is 18.4 Å². The molecule has 3 aromatic carbocycles. The van der Waals surface area contributed by atoms with Gasteiger partial charge in [0.05, 0.1) is 10.0 Å². The molecular formula is C28H26Cl3N3O3.